The van der Waals surface area contributed by atoms with Gasteiger partial charge in [-0.3, -0.25) is 4.98 Å². The van der Waals surface area contributed by atoms with Gasteiger partial charge in [-0.05, 0) is 25.5 Å². The molecule has 4 heteroatoms. The van der Waals surface area contributed by atoms with Crippen LogP contribution in [0.2, 0.25) is 0 Å². The van der Waals surface area contributed by atoms with Gasteiger partial charge in [0, 0.05) is 30.1 Å². The van der Waals surface area contributed by atoms with E-state index in [1.807, 2.05) is 37.3 Å². The lowest BCUT2D eigenvalue weighted by Crippen LogP contribution is -2.46. The molecule has 0 saturated carbocycles. The van der Waals surface area contributed by atoms with Crippen LogP contribution in [0.1, 0.15) is 19.0 Å². The highest BCUT2D eigenvalue weighted by molar-refractivity contribution is 5.78. The summed E-state index contributed by atoms with van der Waals surface area (Å²) < 4.78 is 5.45. The Bertz CT molecular complexity index is 607. The predicted molar refractivity (Wildman–Crippen MR) is 83.3 cm³/mol. The first-order valence-corrected chi connectivity index (χ1v) is 7.51. The lowest BCUT2D eigenvalue weighted by Gasteiger charge is -2.31. The molecule has 1 aliphatic heterocycles. The van der Waals surface area contributed by atoms with Crippen molar-refractivity contribution in [3.8, 4) is 0 Å². The molecule has 1 saturated heterocycles. The SMILES string of the molecule is CC(O)(Cc1ccc2ccccc2n1)CC1COCCN1. The molecule has 2 N–H and O–H groups in total. The van der Waals surface area contributed by atoms with Gasteiger partial charge in [0.05, 0.1) is 24.3 Å². The topological polar surface area (TPSA) is 54.4 Å². The highest BCUT2D eigenvalue weighted by atomic mass is 16.5. The van der Waals surface area contributed by atoms with Crippen molar-refractivity contribution in [2.45, 2.75) is 31.4 Å². The summed E-state index contributed by atoms with van der Waals surface area (Å²) in [6, 6.07) is 12.3. The summed E-state index contributed by atoms with van der Waals surface area (Å²) in [6.07, 6.45) is 1.22. The molecule has 0 radical (unpaired) electrons. The Labute approximate surface area is 125 Å². The fourth-order valence-corrected chi connectivity index (χ4v) is 2.95. The number of nitrogens with zero attached hydrogens (tertiary/aromatic N) is 1. The van der Waals surface area contributed by atoms with E-state index >= 15 is 0 Å². The molecular weight excluding hydrogens is 264 g/mol. The molecule has 1 aromatic heterocycles. The van der Waals surface area contributed by atoms with Crippen molar-refractivity contribution < 1.29 is 9.84 Å². The van der Waals surface area contributed by atoms with Gasteiger partial charge in [-0.25, -0.2) is 0 Å². The third-order valence-electron chi connectivity index (χ3n) is 3.90. The van der Waals surface area contributed by atoms with Crippen LogP contribution < -0.4 is 5.32 Å². The Morgan fingerprint density at radius 3 is 3.00 bits per heavy atom. The van der Waals surface area contributed by atoms with Crippen molar-refractivity contribution in [2.75, 3.05) is 19.8 Å². The largest absolute Gasteiger partial charge is 0.390 e. The second-order valence-electron chi connectivity index (χ2n) is 6.10. The van der Waals surface area contributed by atoms with Gasteiger partial charge >= 0.3 is 0 Å². The van der Waals surface area contributed by atoms with Crippen LogP contribution in [0.4, 0.5) is 0 Å². The van der Waals surface area contributed by atoms with E-state index in [1.165, 1.54) is 0 Å². The number of pyridine rings is 1. The number of rotatable bonds is 4. The van der Waals surface area contributed by atoms with Gasteiger partial charge in [-0.2, -0.15) is 0 Å². The molecular formula is C17H22N2O2. The zero-order valence-corrected chi connectivity index (χ0v) is 12.4. The number of fused-ring (bicyclic) bond motifs is 1. The van der Waals surface area contributed by atoms with Gasteiger partial charge < -0.3 is 15.2 Å². The molecule has 0 bridgehead atoms. The van der Waals surface area contributed by atoms with E-state index in [9.17, 15) is 5.11 Å². The minimum atomic E-state index is -0.784. The van der Waals surface area contributed by atoms with E-state index in [4.69, 9.17) is 4.74 Å². The quantitative estimate of drug-likeness (QED) is 0.901. The standard InChI is InChI=1S/C17H22N2O2/c1-17(20,11-15-12-21-9-8-18-15)10-14-7-6-13-4-2-3-5-16(13)19-14/h2-7,15,18,20H,8-12H2,1H3. The fraction of sp³-hybridized carbons (Fsp3) is 0.471. The van der Waals surface area contributed by atoms with Crippen LogP contribution in [0.15, 0.2) is 36.4 Å². The summed E-state index contributed by atoms with van der Waals surface area (Å²) in [4.78, 5) is 4.64. The maximum absolute atomic E-state index is 10.7. The number of morpholine rings is 1. The number of ether oxygens (including phenoxy) is 1. The highest BCUT2D eigenvalue weighted by Gasteiger charge is 2.27. The minimum absolute atomic E-state index is 0.217. The molecule has 2 heterocycles. The molecule has 4 nitrogen and oxygen atoms in total. The number of hydrogen-bond donors (Lipinski definition) is 2. The van der Waals surface area contributed by atoms with Gasteiger partial charge in [0.15, 0.2) is 0 Å². The molecule has 0 aliphatic carbocycles. The molecule has 21 heavy (non-hydrogen) atoms. The molecule has 112 valence electrons. The van der Waals surface area contributed by atoms with Crippen molar-refractivity contribution >= 4 is 10.9 Å². The smallest absolute Gasteiger partial charge is 0.0705 e. The van der Waals surface area contributed by atoms with Gasteiger partial charge in [-0.1, -0.05) is 24.3 Å². The van der Waals surface area contributed by atoms with Gasteiger partial charge in [-0.15, -0.1) is 0 Å². The van der Waals surface area contributed by atoms with Crippen molar-refractivity contribution in [1.29, 1.82) is 0 Å². The van der Waals surface area contributed by atoms with Crippen LogP contribution in [0.3, 0.4) is 0 Å². The van der Waals surface area contributed by atoms with E-state index in [0.717, 1.165) is 29.7 Å². The van der Waals surface area contributed by atoms with Gasteiger partial charge in [0.1, 0.15) is 0 Å². The van der Waals surface area contributed by atoms with Crippen molar-refractivity contribution in [1.82, 2.24) is 10.3 Å². The van der Waals surface area contributed by atoms with Crippen LogP contribution in [0, 0.1) is 0 Å². The Morgan fingerprint density at radius 1 is 1.33 bits per heavy atom. The van der Waals surface area contributed by atoms with Crippen molar-refractivity contribution in [2.24, 2.45) is 0 Å². The Hall–Kier alpha value is -1.49. The van der Waals surface area contributed by atoms with Gasteiger partial charge in [0.25, 0.3) is 0 Å². The number of nitrogens with one attached hydrogen (secondary N) is 1. The molecule has 1 fully saturated rings. The molecule has 0 spiro atoms. The van der Waals surface area contributed by atoms with E-state index in [-0.39, 0.29) is 6.04 Å². The molecule has 0 amide bonds. The molecule has 2 aromatic rings. The van der Waals surface area contributed by atoms with Crippen LogP contribution in [0.25, 0.3) is 10.9 Å². The van der Waals surface area contributed by atoms with Crippen molar-refractivity contribution in [3.63, 3.8) is 0 Å². The number of hydrogen-bond acceptors (Lipinski definition) is 4. The lowest BCUT2D eigenvalue weighted by molar-refractivity contribution is 0.00601. The first kappa shape index (κ1) is 14.4. The third kappa shape index (κ3) is 3.79. The summed E-state index contributed by atoms with van der Waals surface area (Å²) in [5.41, 5.74) is 1.12. The first-order chi connectivity index (χ1) is 10.1. The Kier molecular flexibility index (Phi) is 4.19. The average Bonchev–Trinajstić information content (AvgIpc) is 2.47. The minimum Gasteiger partial charge on any atom is -0.390 e. The predicted octanol–water partition coefficient (Wildman–Crippen LogP) is 1.91. The Morgan fingerprint density at radius 2 is 2.19 bits per heavy atom. The summed E-state index contributed by atoms with van der Waals surface area (Å²) in [6.45, 7) is 4.15. The molecule has 1 aliphatic rings. The van der Waals surface area contributed by atoms with E-state index in [1.54, 1.807) is 0 Å². The monoisotopic (exact) mass is 286 g/mol. The maximum atomic E-state index is 10.7. The second-order valence-corrected chi connectivity index (χ2v) is 6.10. The van der Waals surface area contributed by atoms with E-state index in [0.29, 0.717) is 19.4 Å². The average molecular weight is 286 g/mol. The van der Waals surface area contributed by atoms with Gasteiger partial charge in [0.2, 0.25) is 0 Å². The Balaban J connectivity index is 1.70. The number of aromatic nitrogens is 1. The number of benzene rings is 1. The normalized spacial score (nSPS) is 22.1. The number of para-hydroxylation sites is 1. The maximum Gasteiger partial charge on any atom is 0.0705 e. The lowest BCUT2D eigenvalue weighted by atomic mass is 9.91. The zero-order chi connectivity index (χ0) is 14.7. The van der Waals surface area contributed by atoms with Crippen LogP contribution >= 0.6 is 0 Å². The fourth-order valence-electron chi connectivity index (χ4n) is 2.95. The molecule has 3 rings (SSSR count). The molecule has 2 atom stereocenters. The van der Waals surface area contributed by atoms with Crippen LogP contribution in [0.5, 0.6) is 0 Å². The summed E-state index contributed by atoms with van der Waals surface area (Å²) in [5, 5.41) is 15.2. The third-order valence-corrected chi connectivity index (χ3v) is 3.90. The molecule has 2 unspecified atom stereocenters. The molecule has 1 aromatic carbocycles. The number of aliphatic hydroxyl groups is 1. The van der Waals surface area contributed by atoms with Crippen LogP contribution in [-0.4, -0.2) is 41.5 Å². The van der Waals surface area contributed by atoms with E-state index < -0.39 is 5.60 Å². The van der Waals surface area contributed by atoms with Crippen LogP contribution in [-0.2, 0) is 11.2 Å². The summed E-state index contributed by atoms with van der Waals surface area (Å²) >= 11 is 0. The zero-order valence-electron chi connectivity index (χ0n) is 12.4. The van der Waals surface area contributed by atoms with E-state index in [2.05, 4.69) is 16.4 Å². The second kappa shape index (κ2) is 6.10. The van der Waals surface area contributed by atoms with Crippen molar-refractivity contribution in [3.05, 3.63) is 42.1 Å². The summed E-state index contributed by atoms with van der Waals surface area (Å²) in [5.74, 6) is 0. The first-order valence-electron chi connectivity index (χ1n) is 7.51. The summed E-state index contributed by atoms with van der Waals surface area (Å²) in [7, 11) is 0. The highest BCUT2D eigenvalue weighted by Crippen LogP contribution is 2.20.